The van der Waals surface area contributed by atoms with Crippen molar-refractivity contribution in [2.75, 3.05) is 0 Å². The van der Waals surface area contributed by atoms with Crippen LogP contribution in [0.2, 0.25) is 0 Å². The molecule has 1 atom stereocenters. The molecule has 3 aromatic rings. The first-order valence-electron chi connectivity index (χ1n) is 9.18. The zero-order valence-corrected chi connectivity index (χ0v) is 15.7. The molecule has 0 bridgehead atoms. The maximum Gasteiger partial charge on any atom is 0.344 e. The number of urea groups is 1. The molecule has 2 aromatic carbocycles. The summed E-state index contributed by atoms with van der Waals surface area (Å²) in [4.78, 5) is 38.2. The van der Waals surface area contributed by atoms with Crippen molar-refractivity contribution in [3.05, 3.63) is 84.2 Å². The number of hydrazine groups is 1. The molecule has 4 amide bonds. The van der Waals surface area contributed by atoms with Crippen molar-refractivity contribution in [1.82, 2.24) is 25.5 Å². The first-order valence-corrected chi connectivity index (χ1v) is 9.18. The zero-order chi connectivity index (χ0) is 20.4. The van der Waals surface area contributed by atoms with Crippen LogP contribution in [0.5, 0.6) is 0 Å². The SMILES string of the molecule is CC[C@]1(c2ccccc2)NC(=O)N(NC(=O)c2ccc(-n3cccn3)cc2)C1=O. The van der Waals surface area contributed by atoms with Crippen molar-refractivity contribution in [2.24, 2.45) is 0 Å². The van der Waals surface area contributed by atoms with Crippen molar-refractivity contribution in [3.8, 4) is 5.69 Å². The summed E-state index contributed by atoms with van der Waals surface area (Å²) in [5.41, 5.74) is 2.99. The summed E-state index contributed by atoms with van der Waals surface area (Å²) >= 11 is 0. The molecule has 1 aliphatic heterocycles. The van der Waals surface area contributed by atoms with Gasteiger partial charge < -0.3 is 5.32 Å². The monoisotopic (exact) mass is 389 g/mol. The second-order valence-electron chi connectivity index (χ2n) is 6.63. The number of hydrogen-bond acceptors (Lipinski definition) is 4. The molecule has 0 unspecified atom stereocenters. The first-order chi connectivity index (χ1) is 14.0. The average molecular weight is 389 g/mol. The predicted molar refractivity (Wildman–Crippen MR) is 105 cm³/mol. The van der Waals surface area contributed by atoms with Crippen LogP contribution in [0, 0.1) is 0 Å². The molecule has 2 N–H and O–H groups in total. The molecule has 0 saturated carbocycles. The summed E-state index contributed by atoms with van der Waals surface area (Å²) in [7, 11) is 0. The van der Waals surface area contributed by atoms with Crippen LogP contribution in [-0.4, -0.2) is 32.6 Å². The highest BCUT2D eigenvalue weighted by Crippen LogP contribution is 2.31. The van der Waals surface area contributed by atoms with E-state index in [1.165, 1.54) is 0 Å². The van der Waals surface area contributed by atoms with E-state index in [-0.39, 0.29) is 0 Å². The van der Waals surface area contributed by atoms with E-state index < -0.39 is 23.4 Å². The van der Waals surface area contributed by atoms with Crippen LogP contribution in [0.1, 0.15) is 29.3 Å². The Morgan fingerprint density at radius 3 is 2.41 bits per heavy atom. The third-order valence-corrected chi connectivity index (χ3v) is 5.00. The van der Waals surface area contributed by atoms with Crippen LogP contribution in [0.4, 0.5) is 4.79 Å². The molecule has 1 aliphatic rings. The van der Waals surface area contributed by atoms with Crippen LogP contribution in [0.3, 0.4) is 0 Å². The lowest BCUT2D eigenvalue weighted by Gasteiger charge is -2.25. The van der Waals surface area contributed by atoms with Gasteiger partial charge in [0.15, 0.2) is 0 Å². The van der Waals surface area contributed by atoms with Gasteiger partial charge in [-0.15, -0.1) is 0 Å². The highest BCUT2D eigenvalue weighted by molar-refractivity contribution is 6.09. The van der Waals surface area contributed by atoms with Gasteiger partial charge >= 0.3 is 6.03 Å². The number of amides is 4. The molecule has 29 heavy (non-hydrogen) atoms. The molecule has 0 aliphatic carbocycles. The van der Waals surface area contributed by atoms with Crippen LogP contribution < -0.4 is 10.7 Å². The normalized spacial score (nSPS) is 18.6. The topological polar surface area (TPSA) is 96.3 Å². The molecule has 1 saturated heterocycles. The predicted octanol–water partition coefficient (Wildman–Crippen LogP) is 2.37. The summed E-state index contributed by atoms with van der Waals surface area (Å²) < 4.78 is 1.66. The van der Waals surface area contributed by atoms with E-state index in [0.29, 0.717) is 17.5 Å². The van der Waals surface area contributed by atoms with Gasteiger partial charge in [0.25, 0.3) is 11.8 Å². The average Bonchev–Trinajstić information content (AvgIpc) is 3.38. The van der Waals surface area contributed by atoms with Gasteiger partial charge in [0.1, 0.15) is 5.54 Å². The van der Waals surface area contributed by atoms with E-state index in [2.05, 4.69) is 15.8 Å². The largest absolute Gasteiger partial charge is 0.344 e. The van der Waals surface area contributed by atoms with Gasteiger partial charge in [-0.2, -0.15) is 10.1 Å². The number of rotatable bonds is 5. The van der Waals surface area contributed by atoms with Gasteiger partial charge in [-0.3, -0.25) is 15.0 Å². The molecule has 4 rings (SSSR count). The molecular weight excluding hydrogens is 370 g/mol. The van der Waals surface area contributed by atoms with Crippen molar-refractivity contribution in [2.45, 2.75) is 18.9 Å². The number of carbonyl (C=O) groups excluding carboxylic acids is 3. The molecule has 2 heterocycles. The number of imide groups is 1. The van der Waals surface area contributed by atoms with Gasteiger partial charge in [0.2, 0.25) is 0 Å². The highest BCUT2D eigenvalue weighted by Gasteiger charge is 2.52. The molecule has 8 nitrogen and oxygen atoms in total. The van der Waals surface area contributed by atoms with Crippen molar-refractivity contribution < 1.29 is 14.4 Å². The number of nitrogens with one attached hydrogen (secondary N) is 2. The van der Waals surface area contributed by atoms with Crippen molar-refractivity contribution in [3.63, 3.8) is 0 Å². The van der Waals surface area contributed by atoms with E-state index in [9.17, 15) is 14.4 Å². The number of nitrogens with zero attached hydrogens (tertiary/aromatic N) is 3. The Morgan fingerprint density at radius 1 is 1.07 bits per heavy atom. The van der Waals surface area contributed by atoms with Crippen LogP contribution in [-0.2, 0) is 10.3 Å². The van der Waals surface area contributed by atoms with E-state index in [4.69, 9.17) is 0 Å². The quantitative estimate of drug-likeness (QED) is 0.655. The lowest BCUT2D eigenvalue weighted by molar-refractivity contribution is -0.133. The summed E-state index contributed by atoms with van der Waals surface area (Å²) in [5, 5.41) is 7.61. The molecule has 8 heteroatoms. The Labute approximate surface area is 167 Å². The van der Waals surface area contributed by atoms with Gasteiger partial charge in [0, 0.05) is 18.0 Å². The minimum atomic E-state index is -1.20. The molecule has 0 spiro atoms. The van der Waals surface area contributed by atoms with Crippen LogP contribution >= 0.6 is 0 Å². The summed E-state index contributed by atoms with van der Waals surface area (Å²) in [6.45, 7) is 1.81. The standard InChI is InChI=1S/C21H19N5O3/c1-2-21(16-7-4-3-5-8-16)19(28)26(20(29)23-21)24-18(27)15-9-11-17(12-10-15)25-14-6-13-22-25/h3-14H,2H2,1H3,(H,23,29)(H,24,27)/t21-/m1/s1. The van der Waals surface area contributed by atoms with E-state index in [0.717, 1.165) is 10.7 Å². The molecule has 0 radical (unpaired) electrons. The molecule has 146 valence electrons. The van der Waals surface area contributed by atoms with Crippen molar-refractivity contribution >= 4 is 17.8 Å². The van der Waals surface area contributed by atoms with E-state index in [1.54, 1.807) is 71.7 Å². The minimum absolute atomic E-state index is 0.315. The fourth-order valence-corrected chi connectivity index (χ4v) is 3.39. The third kappa shape index (κ3) is 3.14. The first kappa shape index (κ1) is 18.4. The molecule has 1 fully saturated rings. The maximum atomic E-state index is 13.1. The lowest BCUT2D eigenvalue weighted by Crippen LogP contribution is -2.48. The zero-order valence-electron chi connectivity index (χ0n) is 15.7. The Kier molecular flexibility index (Phi) is 4.59. The number of hydrogen-bond donors (Lipinski definition) is 2. The molecule has 1 aromatic heterocycles. The second kappa shape index (κ2) is 7.23. The maximum absolute atomic E-state index is 13.1. The van der Waals surface area contributed by atoms with E-state index >= 15 is 0 Å². The van der Waals surface area contributed by atoms with Crippen LogP contribution in [0.25, 0.3) is 5.69 Å². The smallest absolute Gasteiger partial charge is 0.318 e. The number of aromatic nitrogens is 2. The fraction of sp³-hybridized carbons (Fsp3) is 0.143. The Bertz CT molecular complexity index is 1050. The molecular formula is C21H19N5O3. The summed E-state index contributed by atoms with van der Waals surface area (Å²) in [6.07, 6.45) is 3.80. The highest BCUT2D eigenvalue weighted by atomic mass is 16.2. The minimum Gasteiger partial charge on any atom is -0.318 e. The fourth-order valence-electron chi connectivity index (χ4n) is 3.39. The second-order valence-corrected chi connectivity index (χ2v) is 6.63. The number of carbonyl (C=O) groups is 3. The summed E-state index contributed by atoms with van der Waals surface area (Å²) in [6, 6.07) is 16.8. The van der Waals surface area contributed by atoms with Gasteiger partial charge in [-0.25, -0.2) is 9.48 Å². The Balaban J connectivity index is 1.54. The number of benzene rings is 2. The lowest BCUT2D eigenvalue weighted by atomic mass is 9.87. The van der Waals surface area contributed by atoms with Crippen LogP contribution in [0.15, 0.2) is 73.1 Å². The Hall–Kier alpha value is -3.94. The van der Waals surface area contributed by atoms with Gasteiger partial charge in [-0.1, -0.05) is 37.3 Å². The third-order valence-electron chi connectivity index (χ3n) is 5.00. The van der Waals surface area contributed by atoms with E-state index in [1.807, 2.05) is 13.0 Å². The van der Waals surface area contributed by atoms with Gasteiger partial charge in [-0.05, 0) is 42.3 Å². The Morgan fingerprint density at radius 2 is 1.79 bits per heavy atom. The van der Waals surface area contributed by atoms with Crippen molar-refractivity contribution in [1.29, 1.82) is 0 Å². The summed E-state index contributed by atoms with van der Waals surface area (Å²) in [5.74, 6) is -1.07. The van der Waals surface area contributed by atoms with Gasteiger partial charge in [0.05, 0.1) is 5.69 Å².